The van der Waals surface area contributed by atoms with E-state index in [4.69, 9.17) is 4.74 Å². The fourth-order valence-electron chi connectivity index (χ4n) is 3.97. The lowest BCUT2D eigenvalue weighted by Crippen LogP contribution is -2.41. The van der Waals surface area contributed by atoms with Crippen LogP contribution < -0.4 is 10.1 Å². The van der Waals surface area contributed by atoms with E-state index in [9.17, 15) is 9.90 Å². The zero-order valence-electron chi connectivity index (χ0n) is 15.1. The van der Waals surface area contributed by atoms with Crippen molar-refractivity contribution in [1.29, 1.82) is 0 Å². The van der Waals surface area contributed by atoms with Crippen LogP contribution in [0.25, 0.3) is 0 Å². The number of amides is 1. The molecule has 0 spiro atoms. The van der Waals surface area contributed by atoms with Crippen molar-refractivity contribution in [3.8, 4) is 5.88 Å². The van der Waals surface area contributed by atoms with Crippen molar-refractivity contribution in [3.05, 3.63) is 40.8 Å². The Morgan fingerprint density at radius 1 is 1.42 bits per heavy atom. The Bertz CT molecular complexity index is 826. The van der Waals surface area contributed by atoms with Crippen molar-refractivity contribution >= 4 is 5.91 Å². The van der Waals surface area contributed by atoms with Gasteiger partial charge in [-0.1, -0.05) is 0 Å². The zero-order valence-corrected chi connectivity index (χ0v) is 15.1. The second kappa shape index (κ2) is 6.72. The largest absolute Gasteiger partial charge is 0.480 e. The SMILES string of the molecule is COc1nc2c(cc1C(=O)NC(c1cnn(C)c1)C1CC(O)C1)CCC2. The molecule has 1 amide bonds. The summed E-state index contributed by atoms with van der Waals surface area (Å²) in [6.45, 7) is 0. The number of aliphatic hydroxyl groups is 1. The van der Waals surface area contributed by atoms with Crippen molar-refractivity contribution < 1.29 is 14.6 Å². The minimum atomic E-state index is -0.285. The monoisotopic (exact) mass is 356 g/mol. The molecule has 2 N–H and O–H groups in total. The number of nitrogens with one attached hydrogen (secondary N) is 1. The van der Waals surface area contributed by atoms with Gasteiger partial charge < -0.3 is 15.2 Å². The van der Waals surface area contributed by atoms with Crippen LogP contribution in [0.15, 0.2) is 18.5 Å². The number of methoxy groups -OCH3 is 1. The number of aliphatic hydroxyl groups excluding tert-OH is 1. The number of carbonyl (C=O) groups is 1. The third-order valence-electron chi connectivity index (χ3n) is 5.45. The fourth-order valence-corrected chi connectivity index (χ4v) is 3.97. The zero-order chi connectivity index (χ0) is 18.3. The molecule has 2 aliphatic carbocycles. The molecule has 7 heteroatoms. The maximum Gasteiger partial charge on any atom is 0.257 e. The highest BCUT2D eigenvalue weighted by molar-refractivity contribution is 5.97. The van der Waals surface area contributed by atoms with Crippen molar-refractivity contribution in [2.45, 2.75) is 44.2 Å². The first-order chi connectivity index (χ1) is 12.5. The number of rotatable bonds is 5. The van der Waals surface area contributed by atoms with Crippen LogP contribution in [0.2, 0.25) is 0 Å². The lowest BCUT2D eigenvalue weighted by atomic mass is 9.75. The quantitative estimate of drug-likeness (QED) is 0.849. The van der Waals surface area contributed by atoms with Crippen LogP contribution in [-0.4, -0.2) is 39.0 Å². The van der Waals surface area contributed by atoms with E-state index in [0.29, 0.717) is 24.3 Å². The second-order valence-electron chi connectivity index (χ2n) is 7.29. The van der Waals surface area contributed by atoms with E-state index in [-0.39, 0.29) is 24.0 Å². The molecule has 0 bridgehead atoms. The molecule has 1 unspecified atom stereocenters. The van der Waals surface area contributed by atoms with Crippen molar-refractivity contribution in [2.75, 3.05) is 7.11 Å². The summed E-state index contributed by atoms with van der Waals surface area (Å²) < 4.78 is 7.10. The van der Waals surface area contributed by atoms with Crippen LogP contribution in [0.1, 0.15) is 52.5 Å². The van der Waals surface area contributed by atoms with Crippen molar-refractivity contribution in [3.63, 3.8) is 0 Å². The number of hydrogen-bond donors (Lipinski definition) is 2. The smallest absolute Gasteiger partial charge is 0.257 e. The summed E-state index contributed by atoms with van der Waals surface area (Å²) in [4.78, 5) is 17.5. The Hall–Kier alpha value is -2.41. The van der Waals surface area contributed by atoms with Gasteiger partial charge in [-0.25, -0.2) is 4.98 Å². The highest BCUT2D eigenvalue weighted by Gasteiger charge is 2.37. The van der Waals surface area contributed by atoms with Gasteiger partial charge in [-0.15, -0.1) is 0 Å². The molecule has 26 heavy (non-hydrogen) atoms. The highest BCUT2D eigenvalue weighted by Crippen LogP contribution is 2.38. The molecule has 2 aliphatic rings. The fraction of sp³-hybridized carbons (Fsp3) is 0.526. The second-order valence-corrected chi connectivity index (χ2v) is 7.29. The van der Waals surface area contributed by atoms with E-state index >= 15 is 0 Å². The van der Waals surface area contributed by atoms with Gasteiger partial charge in [0.05, 0.1) is 25.5 Å². The third kappa shape index (κ3) is 3.07. The highest BCUT2D eigenvalue weighted by atomic mass is 16.5. The predicted molar refractivity (Wildman–Crippen MR) is 95.0 cm³/mol. The first-order valence-corrected chi connectivity index (χ1v) is 9.09. The molecule has 7 nitrogen and oxygen atoms in total. The van der Waals surface area contributed by atoms with Gasteiger partial charge in [0, 0.05) is 24.5 Å². The molecule has 4 rings (SSSR count). The standard InChI is InChI=1S/C19H24N4O3/c1-23-10-13(9-20-23)17(12-6-14(24)7-12)22-18(25)15-8-11-4-3-5-16(11)21-19(15)26-2/h8-10,12,14,17,24H,3-7H2,1-2H3,(H,22,25). The van der Waals surface area contributed by atoms with Gasteiger partial charge in [0.2, 0.25) is 5.88 Å². The number of fused-ring (bicyclic) bond motifs is 1. The Morgan fingerprint density at radius 3 is 2.88 bits per heavy atom. The van der Waals surface area contributed by atoms with E-state index in [1.165, 1.54) is 0 Å². The normalized spacial score (nSPS) is 22.4. The van der Waals surface area contributed by atoms with Crippen LogP contribution in [0.3, 0.4) is 0 Å². The van der Waals surface area contributed by atoms with Gasteiger partial charge in [0.25, 0.3) is 5.91 Å². The molecule has 0 aromatic carbocycles. The summed E-state index contributed by atoms with van der Waals surface area (Å²) >= 11 is 0. The lowest BCUT2D eigenvalue weighted by Gasteiger charge is -2.37. The van der Waals surface area contributed by atoms with Crippen LogP contribution in [0.4, 0.5) is 0 Å². The van der Waals surface area contributed by atoms with Crippen molar-refractivity contribution in [2.24, 2.45) is 13.0 Å². The van der Waals surface area contributed by atoms with Gasteiger partial charge in [0.15, 0.2) is 0 Å². The molecule has 2 aromatic heterocycles. The maximum absolute atomic E-state index is 13.0. The Balaban J connectivity index is 1.60. The maximum atomic E-state index is 13.0. The van der Waals surface area contributed by atoms with Gasteiger partial charge >= 0.3 is 0 Å². The summed E-state index contributed by atoms with van der Waals surface area (Å²) in [5.74, 6) is 0.382. The van der Waals surface area contributed by atoms with Gasteiger partial charge in [0.1, 0.15) is 5.56 Å². The van der Waals surface area contributed by atoms with Gasteiger partial charge in [-0.3, -0.25) is 9.48 Å². The number of pyridine rings is 1. The Labute approximate surface area is 152 Å². The summed E-state index contributed by atoms with van der Waals surface area (Å²) in [7, 11) is 3.40. The Kier molecular flexibility index (Phi) is 4.40. The summed E-state index contributed by atoms with van der Waals surface area (Å²) in [6, 6.07) is 1.73. The number of ether oxygens (including phenoxy) is 1. The number of nitrogens with zero attached hydrogens (tertiary/aromatic N) is 3. The minimum absolute atomic E-state index is 0.183. The predicted octanol–water partition coefficient (Wildman–Crippen LogP) is 1.55. The van der Waals surface area contributed by atoms with Gasteiger partial charge in [-0.05, 0) is 49.7 Å². The molecule has 2 heterocycles. The van der Waals surface area contributed by atoms with Crippen molar-refractivity contribution in [1.82, 2.24) is 20.1 Å². The van der Waals surface area contributed by atoms with E-state index in [2.05, 4.69) is 15.4 Å². The Morgan fingerprint density at radius 2 is 2.23 bits per heavy atom. The summed E-state index contributed by atoms with van der Waals surface area (Å²) in [5, 5.41) is 17.0. The average molecular weight is 356 g/mol. The molecule has 138 valence electrons. The number of aryl methyl sites for hydroxylation is 3. The van der Waals surface area contributed by atoms with E-state index < -0.39 is 0 Å². The molecule has 0 saturated heterocycles. The molecule has 2 aromatic rings. The number of carbonyl (C=O) groups excluding carboxylic acids is 1. The lowest BCUT2D eigenvalue weighted by molar-refractivity contribution is 0.0235. The average Bonchev–Trinajstić information content (AvgIpc) is 3.23. The number of hydrogen-bond acceptors (Lipinski definition) is 5. The number of aromatic nitrogens is 3. The molecular weight excluding hydrogens is 332 g/mol. The van der Waals surface area contributed by atoms with Crippen LogP contribution in [-0.2, 0) is 19.9 Å². The molecule has 1 atom stereocenters. The molecule has 1 saturated carbocycles. The van der Waals surface area contributed by atoms with Crippen LogP contribution in [0, 0.1) is 5.92 Å². The van der Waals surface area contributed by atoms with Crippen LogP contribution in [0.5, 0.6) is 5.88 Å². The minimum Gasteiger partial charge on any atom is -0.480 e. The summed E-state index contributed by atoms with van der Waals surface area (Å²) in [5.41, 5.74) is 3.59. The van der Waals surface area contributed by atoms with E-state index in [1.54, 1.807) is 18.0 Å². The van der Waals surface area contributed by atoms with Crippen LogP contribution >= 0.6 is 0 Å². The first kappa shape index (κ1) is 17.0. The molecule has 0 radical (unpaired) electrons. The molecule has 1 fully saturated rings. The topological polar surface area (TPSA) is 89.3 Å². The van der Waals surface area contributed by atoms with E-state index in [1.807, 2.05) is 19.3 Å². The molecular formula is C19H24N4O3. The van der Waals surface area contributed by atoms with Gasteiger partial charge in [-0.2, -0.15) is 5.10 Å². The molecule has 0 aliphatic heterocycles. The third-order valence-corrected chi connectivity index (χ3v) is 5.45. The summed E-state index contributed by atoms with van der Waals surface area (Å²) in [6.07, 6.45) is 7.71. The van der Waals surface area contributed by atoms with E-state index in [0.717, 1.165) is 36.1 Å². The first-order valence-electron chi connectivity index (χ1n) is 9.09.